The number of alkyl halides is 2. The van der Waals surface area contributed by atoms with Crippen molar-refractivity contribution in [3.63, 3.8) is 0 Å². The summed E-state index contributed by atoms with van der Waals surface area (Å²) in [6.07, 6.45) is -0.225. The summed E-state index contributed by atoms with van der Waals surface area (Å²) in [7, 11) is 0. The number of anilines is 2. The fourth-order valence-corrected chi connectivity index (χ4v) is 4.12. The Morgan fingerprint density at radius 3 is 2.49 bits per heavy atom. The van der Waals surface area contributed by atoms with Crippen LogP contribution in [0.2, 0.25) is 0 Å². The van der Waals surface area contributed by atoms with Crippen LogP contribution < -0.4 is 15.0 Å². The molecule has 8 heteroatoms. The standard InChI is InChI=1S/C27H30F2N4O2/c1-4-32-13-15-33(16-14-32)25-17-19(2)23-18-21(8-11-24(23)31-25)30-26(34)12-7-20-5-9-22(10-6-20)35-27(3,28)29/h5-12,17-18H,4,13-16H2,1-3H3,(H,30,34)/b12-7+. The van der Waals surface area contributed by atoms with Crippen LogP contribution in [-0.2, 0) is 4.79 Å². The van der Waals surface area contributed by atoms with Crippen molar-refractivity contribution in [2.24, 2.45) is 0 Å². The van der Waals surface area contributed by atoms with Gasteiger partial charge < -0.3 is 19.9 Å². The van der Waals surface area contributed by atoms with Crippen LogP contribution in [0.15, 0.2) is 54.6 Å². The normalized spacial score (nSPS) is 15.1. The summed E-state index contributed by atoms with van der Waals surface area (Å²) in [5.74, 6) is 0.760. The van der Waals surface area contributed by atoms with Gasteiger partial charge in [-0.2, -0.15) is 8.78 Å². The topological polar surface area (TPSA) is 57.7 Å². The number of benzene rings is 2. The molecule has 1 fully saturated rings. The lowest BCUT2D eigenvalue weighted by Crippen LogP contribution is -2.46. The van der Waals surface area contributed by atoms with Gasteiger partial charge in [0.2, 0.25) is 5.91 Å². The fourth-order valence-electron chi connectivity index (χ4n) is 4.12. The molecule has 0 bridgehead atoms. The Hall–Kier alpha value is -3.52. The van der Waals surface area contributed by atoms with Gasteiger partial charge in [-0.3, -0.25) is 4.79 Å². The van der Waals surface area contributed by atoms with Crippen molar-refractivity contribution in [1.29, 1.82) is 0 Å². The van der Waals surface area contributed by atoms with Gasteiger partial charge in [-0.05, 0) is 67.1 Å². The zero-order chi connectivity index (χ0) is 25.0. The molecule has 2 aromatic carbocycles. The quantitative estimate of drug-likeness (QED) is 0.464. The molecule has 184 valence electrons. The predicted molar refractivity (Wildman–Crippen MR) is 136 cm³/mol. The van der Waals surface area contributed by atoms with Gasteiger partial charge in [-0.25, -0.2) is 4.98 Å². The first kappa shape index (κ1) is 24.6. The molecule has 0 radical (unpaired) electrons. The first-order valence-corrected chi connectivity index (χ1v) is 11.7. The lowest BCUT2D eigenvalue weighted by molar-refractivity contribution is -0.158. The molecule has 0 spiro atoms. The molecule has 3 aromatic rings. The van der Waals surface area contributed by atoms with Crippen LogP contribution in [0.3, 0.4) is 0 Å². The predicted octanol–water partition coefficient (Wildman–Crippen LogP) is 5.33. The number of pyridine rings is 1. The second-order valence-electron chi connectivity index (χ2n) is 8.75. The van der Waals surface area contributed by atoms with Gasteiger partial charge in [0.05, 0.1) is 5.52 Å². The average Bonchev–Trinajstić information content (AvgIpc) is 2.83. The lowest BCUT2D eigenvalue weighted by atomic mass is 10.1. The molecule has 4 rings (SSSR count). The number of fused-ring (bicyclic) bond motifs is 1. The number of ether oxygens (including phenoxy) is 1. The lowest BCUT2D eigenvalue weighted by Gasteiger charge is -2.35. The van der Waals surface area contributed by atoms with Crippen LogP contribution in [0.4, 0.5) is 20.3 Å². The van der Waals surface area contributed by atoms with Gasteiger partial charge in [0.1, 0.15) is 11.6 Å². The number of nitrogens with one attached hydrogen (secondary N) is 1. The highest BCUT2D eigenvalue weighted by Gasteiger charge is 2.22. The number of piperazine rings is 1. The Labute approximate surface area is 204 Å². The van der Waals surface area contributed by atoms with E-state index in [2.05, 4.69) is 39.8 Å². The summed E-state index contributed by atoms with van der Waals surface area (Å²) >= 11 is 0. The Morgan fingerprint density at radius 1 is 1.11 bits per heavy atom. The van der Waals surface area contributed by atoms with E-state index in [4.69, 9.17) is 4.98 Å². The summed E-state index contributed by atoms with van der Waals surface area (Å²) in [5, 5.41) is 3.86. The second-order valence-corrected chi connectivity index (χ2v) is 8.75. The van der Waals surface area contributed by atoms with Gasteiger partial charge >= 0.3 is 6.11 Å². The summed E-state index contributed by atoms with van der Waals surface area (Å²) in [5.41, 5.74) is 3.37. The summed E-state index contributed by atoms with van der Waals surface area (Å²) in [4.78, 5) is 22.0. The van der Waals surface area contributed by atoms with E-state index in [9.17, 15) is 13.6 Å². The summed E-state index contributed by atoms with van der Waals surface area (Å²) in [6.45, 7) is 10.0. The SMILES string of the molecule is CCN1CCN(c2cc(C)c3cc(NC(=O)/C=C/c4ccc(OC(C)(F)F)cc4)ccc3n2)CC1. The minimum atomic E-state index is -3.24. The number of nitrogens with zero attached hydrogens (tertiary/aromatic N) is 3. The first-order chi connectivity index (χ1) is 16.7. The van der Waals surface area contributed by atoms with Crippen LogP contribution in [0.25, 0.3) is 17.0 Å². The average molecular weight is 481 g/mol. The van der Waals surface area contributed by atoms with E-state index in [0.717, 1.165) is 55.0 Å². The zero-order valence-corrected chi connectivity index (χ0v) is 20.2. The largest absolute Gasteiger partial charge is 0.433 e. The van der Waals surface area contributed by atoms with E-state index in [1.807, 2.05) is 18.2 Å². The maximum Gasteiger partial charge on any atom is 0.394 e. The van der Waals surface area contributed by atoms with Crippen LogP contribution in [0.1, 0.15) is 25.0 Å². The number of hydrogen-bond acceptors (Lipinski definition) is 5. The Morgan fingerprint density at radius 2 is 1.83 bits per heavy atom. The van der Waals surface area contributed by atoms with E-state index >= 15 is 0 Å². The minimum Gasteiger partial charge on any atom is -0.433 e. The van der Waals surface area contributed by atoms with E-state index in [0.29, 0.717) is 18.2 Å². The number of amides is 1. The third kappa shape index (κ3) is 6.54. The monoisotopic (exact) mass is 480 g/mol. The molecule has 1 aliphatic heterocycles. The Kier molecular flexibility index (Phi) is 7.31. The Balaban J connectivity index is 1.41. The number of carbonyl (C=O) groups is 1. The van der Waals surface area contributed by atoms with Gasteiger partial charge in [0, 0.05) is 50.3 Å². The molecule has 1 aromatic heterocycles. The minimum absolute atomic E-state index is 0.0608. The van der Waals surface area contributed by atoms with E-state index < -0.39 is 6.11 Å². The van der Waals surface area contributed by atoms with Crippen LogP contribution >= 0.6 is 0 Å². The number of carbonyl (C=O) groups excluding carboxylic acids is 1. The first-order valence-electron chi connectivity index (χ1n) is 11.7. The molecule has 1 N–H and O–H groups in total. The van der Waals surface area contributed by atoms with Crippen molar-refractivity contribution in [1.82, 2.24) is 9.88 Å². The molecule has 6 nitrogen and oxygen atoms in total. The second kappa shape index (κ2) is 10.4. The fraction of sp³-hybridized carbons (Fsp3) is 0.333. The van der Waals surface area contributed by atoms with Gasteiger partial charge in [0.25, 0.3) is 0 Å². The molecular weight excluding hydrogens is 450 g/mol. The number of hydrogen-bond donors (Lipinski definition) is 1. The number of likely N-dealkylation sites (N-methyl/N-ethyl adjacent to an activating group) is 1. The third-order valence-electron chi connectivity index (χ3n) is 6.02. The zero-order valence-electron chi connectivity index (χ0n) is 20.2. The van der Waals surface area contributed by atoms with E-state index in [1.165, 1.54) is 18.2 Å². The van der Waals surface area contributed by atoms with E-state index in [1.54, 1.807) is 18.2 Å². The van der Waals surface area contributed by atoms with Gasteiger partial charge in [-0.15, -0.1) is 0 Å². The van der Waals surface area contributed by atoms with E-state index in [-0.39, 0.29) is 11.7 Å². The molecule has 1 saturated heterocycles. The van der Waals surface area contributed by atoms with Crippen molar-refractivity contribution < 1.29 is 18.3 Å². The third-order valence-corrected chi connectivity index (χ3v) is 6.02. The smallest absolute Gasteiger partial charge is 0.394 e. The molecule has 0 unspecified atom stereocenters. The highest BCUT2D eigenvalue weighted by atomic mass is 19.3. The molecular formula is C27H30F2N4O2. The molecule has 0 aliphatic carbocycles. The van der Waals surface area contributed by atoms with Crippen molar-refractivity contribution >= 4 is 34.4 Å². The molecule has 1 amide bonds. The number of aromatic nitrogens is 1. The van der Waals surface area contributed by atoms with Gasteiger partial charge in [0.15, 0.2) is 0 Å². The maximum absolute atomic E-state index is 12.9. The van der Waals surface area contributed by atoms with Gasteiger partial charge in [-0.1, -0.05) is 19.1 Å². The van der Waals surface area contributed by atoms with Crippen LogP contribution in [-0.4, -0.2) is 54.6 Å². The van der Waals surface area contributed by atoms with Crippen molar-refractivity contribution in [3.8, 4) is 5.75 Å². The number of rotatable bonds is 7. The van der Waals surface area contributed by atoms with Crippen molar-refractivity contribution in [2.75, 3.05) is 42.9 Å². The van der Waals surface area contributed by atoms with Crippen LogP contribution in [0.5, 0.6) is 5.75 Å². The Bertz CT molecular complexity index is 1210. The molecule has 0 atom stereocenters. The summed E-state index contributed by atoms with van der Waals surface area (Å²) < 4.78 is 30.4. The highest BCUT2D eigenvalue weighted by molar-refractivity contribution is 6.03. The summed E-state index contributed by atoms with van der Waals surface area (Å²) in [6, 6.07) is 13.9. The van der Waals surface area contributed by atoms with Crippen molar-refractivity contribution in [2.45, 2.75) is 26.9 Å². The molecule has 0 saturated carbocycles. The number of halogens is 2. The molecule has 1 aliphatic rings. The molecule has 35 heavy (non-hydrogen) atoms. The van der Waals surface area contributed by atoms with Crippen LogP contribution in [0, 0.1) is 6.92 Å². The highest BCUT2D eigenvalue weighted by Crippen LogP contribution is 2.26. The number of aryl methyl sites for hydroxylation is 1. The molecule has 2 heterocycles. The van der Waals surface area contributed by atoms with Crippen molar-refractivity contribution in [3.05, 3.63) is 65.7 Å². The maximum atomic E-state index is 12.9.